The second-order valence-corrected chi connectivity index (χ2v) is 4.18. The lowest BCUT2D eigenvalue weighted by molar-refractivity contribution is 0.210. The summed E-state index contributed by atoms with van der Waals surface area (Å²) in [6, 6.07) is 2.43. The van der Waals surface area contributed by atoms with Crippen LogP contribution in [0.3, 0.4) is 0 Å². The van der Waals surface area contributed by atoms with Crippen LogP contribution in [0.25, 0.3) is 0 Å². The lowest BCUT2D eigenvalue weighted by atomic mass is 10.2. The quantitative estimate of drug-likeness (QED) is 0.792. The van der Waals surface area contributed by atoms with Crippen molar-refractivity contribution in [2.24, 2.45) is 0 Å². The molecule has 1 aliphatic heterocycles. The molecule has 15 heavy (non-hydrogen) atoms. The summed E-state index contributed by atoms with van der Waals surface area (Å²) in [5, 5.41) is 3.35. The fourth-order valence-corrected chi connectivity index (χ4v) is 1.90. The standard InChI is InChI=1S/C11H17N3O/c1-7-4-10(6-12-7)15-11-5-8(2)13-9(3)14-11/h5,7,10,12H,4,6H2,1-3H3/t7-,10+/m0/s1. The van der Waals surface area contributed by atoms with Gasteiger partial charge in [0.2, 0.25) is 5.88 Å². The Labute approximate surface area is 90.1 Å². The minimum atomic E-state index is 0.244. The third-order valence-electron chi connectivity index (χ3n) is 2.54. The molecule has 2 atom stereocenters. The predicted molar refractivity (Wildman–Crippen MR) is 58.0 cm³/mol. The molecule has 0 saturated carbocycles. The largest absolute Gasteiger partial charge is 0.473 e. The first-order valence-electron chi connectivity index (χ1n) is 5.36. The van der Waals surface area contributed by atoms with E-state index >= 15 is 0 Å². The van der Waals surface area contributed by atoms with Crippen molar-refractivity contribution in [2.45, 2.75) is 39.3 Å². The number of nitrogens with zero attached hydrogens (tertiary/aromatic N) is 2. The van der Waals surface area contributed by atoms with Crippen LogP contribution >= 0.6 is 0 Å². The number of rotatable bonds is 2. The minimum absolute atomic E-state index is 0.244. The van der Waals surface area contributed by atoms with Gasteiger partial charge in [0.25, 0.3) is 0 Å². The molecule has 4 heteroatoms. The third-order valence-corrected chi connectivity index (χ3v) is 2.54. The van der Waals surface area contributed by atoms with Crippen molar-refractivity contribution in [3.8, 4) is 5.88 Å². The van der Waals surface area contributed by atoms with Gasteiger partial charge >= 0.3 is 0 Å². The topological polar surface area (TPSA) is 47.0 Å². The summed E-state index contributed by atoms with van der Waals surface area (Å²) in [7, 11) is 0. The van der Waals surface area contributed by atoms with Gasteiger partial charge in [0.05, 0.1) is 0 Å². The van der Waals surface area contributed by atoms with Crippen LogP contribution in [0.5, 0.6) is 5.88 Å². The molecule has 0 spiro atoms. The second kappa shape index (κ2) is 4.14. The second-order valence-electron chi connectivity index (χ2n) is 4.18. The molecule has 2 rings (SSSR count). The van der Waals surface area contributed by atoms with E-state index in [1.54, 1.807) is 0 Å². The Bertz CT molecular complexity index is 333. The highest BCUT2D eigenvalue weighted by molar-refractivity contribution is 5.15. The molecule has 0 amide bonds. The lowest BCUT2D eigenvalue weighted by Crippen LogP contribution is -2.21. The van der Waals surface area contributed by atoms with Crippen LogP contribution in [0.15, 0.2) is 6.07 Å². The van der Waals surface area contributed by atoms with Crippen molar-refractivity contribution in [2.75, 3.05) is 6.54 Å². The van der Waals surface area contributed by atoms with E-state index in [0.29, 0.717) is 11.9 Å². The normalized spacial score (nSPS) is 25.5. The van der Waals surface area contributed by atoms with Crippen molar-refractivity contribution in [3.63, 3.8) is 0 Å². The van der Waals surface area contributed by atoms with E-state index in [9.17, 15) is 0 Å². The molecule has 4 nitrogen and oxygen atoms in total. The summed E-state index contributed by atoms with van der Waals surface area (Å²) in [5.74, 6) is 1.46. The molecule has 1 aromatic heterocycles. The predicted octanol–water partition coefficient (Wildman–Crippen LogP) is 1.22. The van der Waals surface area contributed by atoms with Crippen LogP contribution in [0.4, 0.5) is 0 Å². The van der Waals surface area contributed by atoms with Crippen LogP contribution in [0.1, 0.15) is 24.9 Å². The fourth-order valence-electron chi connectivity index (χ4n) is 1.90. The van der Waals surface area contributed by atoms with Crippen LogP contribution < -0.4 is 10.1 Å². The maximum atomic E-state index is 5.79. The van der Waals surface area contributed by atoms with Crippen LogP contribution in [-0.2, 0) is 0 Å². The van der Waals surface area contributed by atoms with Crippen molar-refractivity contribution in [1.29, 1.82) is 0 Å². The van der Waals surface area contributed by atoms with Gasteiger partial charge in [-0.05, 0) is 20.8 Å². The van der Waals surface area contributed by atoms with Gasteiger partial charge in [0.1, 0.15) is 11.9 Å². The van der Waals surface area contributed by atoms with Gasteiger partial charge in [-0.15, -0.1) is 0 Å². The zero-order valence-electron chi connectivity index (χ0n) is 9.45. The number of nitrogens with one attached hydrogen (secondary N) is 1. The van der Waals surface area contributed by atoms with Gasteiger partial charge in [-0.2, -0.15) is 4.98 Å². The van der Waals surface area contributed by atoms with E-state index < -0.39 is 0 Å². The summed E-state index contributed by atoms with van der Waals surface area (Å²) in [5.41, 5.74) is 0.955. The molecule has 2 heterocycles. The molecule has 82 valence electrons. The highest BCUT2D eigenvalue weighted by Crippen LogP contribution is 2.15. The molecular weight excluding hydrogens is 190 g/mol. The van der Waals surface area contributed by atoms with Crippen molar-refractivity contribution in [1.82, 2.24) is 15.3 Å². The van der Waals surface area contributed by atoms with Gasteiger partial charge in [0.15, 0.2) is 0 Å². The Hall–Kier alpha value is -1.16. The van der Waals surface area contributed by atoms with E-state index in [-0.39, 0.29) is 6.10 Å². The SMILES string of the molecule is Cc1cc(O[C@H]2CN[C@@H](C)C2)nc(C)n1. The van der Waals surface area contributed by atoms with Crippen molar-refractivity contribution in [3.05, 3.63) is 17.6 Å². The number of hydrogen-bond donors (Lipinski definition) is 1. The van der Waals surface area contributed by atoms with Crippen molar-refractivity contribution >= 4 is 0 Å². The van der Waals surface area contributed by atoms with Gasteiger partial charge in [0, 0.05) is 30.8 Å². The molecule has 0 unspecified atom stereocenters. The van der Waals surface area contributed by atoms with E-state index in [2.05, 4.69) is 22.2 Å². The molecule has 1 saturated heterocycles. The zero-order chi connectivity index (χ0) is 10.8. The third kappa shape index (κ3) is 2.65. The lowest BCUT2D eigenvalue weighted by Gasteiger charge is -2.12. The zero-order valence-corrected chi connectivity index (χ0v) is 9.45. The summed E-state index contributed by atoms with van der Waals surface area (Å²) in [4.78, 5) is 8.48. The van der Waals surface area contributed by atoms with E-state index in [1.807, 2.05) is 19.9 Å². The minimum Gasteiger partial charge on any atom is -0.473 e. The van der Waals surface area contributed by atoms with E-state index in [1.165, 1.54) is 0 Å². The van der Waals surface area contributed by atoms with E-state index in [0.717, 1.165) is 24.5 Å². The van der Waals surface area contributed by atoms with Gasteiger partial charge in [-0.1, -0.05) is 0 Å². The smallest absolute Gasteiger partial charge is 0.217 e. The van der Waals surface area contributed by atoms with Crippen LogP contribution in [0.2, 0.25) is 0 Å². The summed E-state index contributed by atoms with van der Waals surface area (Å²) in [6.45, 7) is 6.91. The number of ether oxygens (including phenoxy) is 1. The first-order valence-corrected chi connectivity index (χ1v) is 5.36. The van der Waals surface area contributed by atoms with Gasteiger partial charge in [-0.3, -0.25) is 0 Å². The molecule has 0 bridgehead atoms. The maximum absolute atomic E-state index is 5.79. The highest BCUT2D eigenvalue weighted by Gasteiger charge is 2.22. The van der Waals surface area contributed by atoms with Crippen molar-refractivity contribution < 1.29 is 4.74 Å². The Morgan fingerprint density at radius 3 is 2.80 bits per heavy atom. The van der Waals surface area contributed by atoms with E-state index in [4.69, 9.17) is 4.74 Å². The number of hydrogen-bond acceptors (Lipinski definition) is 4. The Balaban J connectivity index is 2.04. The van der Waals surface area contributed by atoms with Crippen LogP contribution in [0, 0.1) is 13.8 Å². The summed E-state index contributed by atoms with van der Waals surface area (Å²) >= 11 is 0. The monoisotopic (exact) mass is 207 g/mol. The molecular formula is C11H17N3O. The molecule has 1 fully saturated rings. The molecule has 0 radical (unpaired) electrons. The first kappa shape index (κ1) is 10.4. The van der Waals surface area contributed by atoms with Gasteiger partial charge in [-0.25, -0.2) is 4.98 Å². The summed E-state index contributed by atoms with van der Waals surface area (Å²) in [6.07, 6.45) is 1.29. The molecule has 1 aromatic rings. The fraction of sp³-hybridized carbons (Fsp3) is 0.636. The maximum Gasteiger partial charge on any atom is 0.217 e. The average Bonchev–Trinajstić information content (AvgIpc) is 2.49. The Morgan fingerprint density at radius 2 is 2.20 bits per heavy atom. The number of aryl methyl sites for hydroxylation is 2. The summed E-state index contributed by atoms with van der Waals surface area (Å²) < 4.78 is 5.79. The molecule has 0 aliphatic carbocycles. The molecule has 1 N–H and O–H groups in total. The molecule has 1 aliphatic rings. The molecule has 0 aromatic carbocycles. The Morgan fingerprint density at radius 1 is 1.40 bits per heavy atom. The Kier molecular flexibility index (Phi) is 2.86. The van der Waals surface area contributed by atoms with Crippen LogP contribution in [-0.4, -0.2) is 28.7 Å². The average molecular weight is 207 g/mol. The highest BCUT2D eigenvalue weighted by atomic mass is 16.5. The number of aromatic nitrogens is 2. The van der Waals surface area contributed by atoms with Gasteiger partial charge < -0.3 is 10.1 Å². The first-order chi connectivity index (χ1) is 7.13.